The Hall–Kier alpha value is -3.84. The Morgan fingerprint density at radius 1 is 1.00 bits per heavy atom. The molecule has 0 unspecified atom stereocenters. The number of furan rings is 1. The second kappa shape index (κ2) is 9.56. The number of benzene rings is 2. The van der Waals surface area contributed by atoms with Crippen LogP contribution in [0.5, 0.6) is 5.75 Å². The zero-order valence-corrected chi connectivity index (χ0v) is 23.0. The highest BCUT2D eigenvalue weighted by molar-refractivity contribution is 6.74. The second-order valence-corrected chi connectivity index (χ2v) is 15.7. The molecular weight excluding hydrogens is 478 g/mol. The number of aromatic amines is 1. The van der Waals surface area contributed by atoms with Crippen LogP contribution >= 0.6 is 0 Å². The van der Waals surface area contributed by atoms with Gasteiger partial charge in [0.15, 0.2) is 5.82 Å². The van der Waals surface area contributed by atoms with E-state index >= 15 is 0 Å². The second-order valence-electron chi connectivity index (χ2n) is 11.0. The number of hydrogen-bond acceptors (Lipinski definition) is 4. The van der Waals surface area contributed by atoms with E-state index in [2.05, 4.69) is 57.0 Å². The standard InChI is InChI=1S/C30H33N3O3Si/c1-30(2,3)37(4,5)36-24-14-9-13-22(18-24)27-20-33-28(25(31-27)17-21-11-7-6-8-12-21)32-26(29(33)34)19-23-15-10-16-35-23/h6-16,18,20,31H,17,19H2,1-5H3. The molecule has 0 saturated heterocycles. The smallest absolute Gasteiger partial charge is 0.278 e. The SMILES string of the molecule is CC(C)(C)[Si](C)(C)Oc1cccc(-c2cn3c(=O)c(Cc4ccco4)nc-3c(Cc3ccccc3)[nH]2)c1. The van der Waals surface area contributed by atoms with Crippen LogP contribution in [0.15, 0.2) is 88.4 Å². The minimum Gasteiger partial charge on any atom is -0.543 e. The molecule has 2 aliphatic rings. The molecule has 37 heavy (non-hydrogen) atoms. The van der Waals surface area contributed by atoms with Gasteiger partial charge in [-0.05, 0) is 48.0 Å². The van der Waals surface area contributed by atoms with E-state index in [4.69, 9.17) is 13.8 Å². The van der Waals surface area contributed by atoms with Crippen LogP contribution in [-0.2, 0) is 12.8 Å². The number of fused-ring (bicyclic) bond motifs is 1. The largest absolute Gasteiger partial charge is 0.543 e. The lowest BCUT2D eigenvalue weighted by Crippen LogP contribution is -2.43. The summed E-state index contributed by atoms with van der Waals surface area (Å²) in [5, 5.41) is 0.0928. The zero-order chi connectivity index (χ0) is 26.2. The number of H-pyrrole nitrogens is 1. The maximum absolute atomic E-state index is 13.4. The molecule has 190 valence electrons. The van der Waals surface area contributed by atoms with Crippen LogP contribution in [0.25, 0.3) is 17.1 Å². The molecule has 0 bridgehead atoms. The number of aromatic nitrogens is 3. The molecule has 0 amide bonds. The van der Waals surface area contributed by atoms with E-state index in [1.807, 2.05) is 54.7 Å². The summed E-state index contributed by atoms with van der Waals surface area (Å²) < 4.78 is 13.7. The van der Waals surface area contributed by atoms with Gasteiger partial charge in [-0.25, -0.2) is 4.98 Å². The van der Waals surface area contributed by atoms with Crippen molar-refractivity contribution in [2.24, 2.45) is 0 Å². The van der Waals surface area contributed by atoms with Crippen molar-refractivity contribution in [2.45, 2.75) is 51.7 Å². The molecule has 0 aliphatic carbocycles. The van der Waals surface area contributed by atoms with Gasteiger partial charge in [0.25, 0.3) is 5.56 Å². The normalized spacial score (nSPS) is 12.2. The fourth-order valence-corrected chi connectivity index (χ4v) is 5.14. The zero-order valence-electron chi connectivity index (χ0n) is 22.0. The Balaban J connectivity index is 1.59. The van der Waals surface area contributed by atoms with E-state index in [1.54, 1.807) is 10.8 Å². The molecule has 5 rings (SSSR count). The third kappa shape index (κ3) is 5.18. The lowest BCUT2D eigenvalue weighted by atomic mass is 10.1. The van der Waals surface area contributed by atoms with Crippen LogP contribution in [0.3, 0.4) is 0 Å². The Morgan fingerprint density at radius 2 is 1.78 bits per heavy atom. The third-order valence-electron chi connectivity index (χ3n) is 7.22. The van der Waals surface area contributed by atoms with E-state index in [1.165, 1.54) is 0 Å². The van der Waals surface area contributed by atoms with Gasteiger partial charge in [-0.2, -0.15) is 0 Å². The number of nitrogens with one attached hydrogen (secondary N) is 1. The molecule has 0 radical (unpaired) electrons. The summed E-state index contributed by atoms with van der Waals surface area (Å²) in [6, 6.07) is 22.0. The van der Waals surface area contributed by atoms with Crippen molar-refractivity contribution in [3.05, 3.63) is 112 Å². The van der Waals surface area contributed by atoms with Crippen LogP contribution in [0.1, 0.15) is 43.5 Å². The Kier molecular flexibility index (Phi) is 6.41. The van der Waals surface area contributed by atoms with Crippen LogP contribution in [0.4, 0.5) is 0 Å². The van der Waals surface area contributed by atoms with Crippen molar-refractivity contribution in [2.75, 3.05) is 0 Å². The van der Waals surface area contributed by atoms with Gasteiger partial charge in [0, 0.05) is 18.2 Å². The molecular formula is C30H33N3O3Si. The van der Waals surface area contributed by atoms with Gasteiger partial charge < -0.3 is 13.8 Å². The summed E-state index contributed by atoms with van der Waals surface area (Å²) in [5.41, 5.74) is 4.12. The van der Waals surface area contributed by atoms with Crippen molar-refractivity contribution < 1.29 is 8.84 Å². The molecule has 3 heterocycles. The van der Waals surface area contributed by atoms with Crippen LogP contribution in [0, 0.1) is 0 Å². The minimum absolute atomic E-state index is 0.0928. The first-order valence-corrected chi connectivity index (χ1v) is 15.5. The van der Waals surface area contributed by atoms with Gasteiger partial charge in [0.2, 0.25) is 8.32 Å². The van der Waals surface area contributed by atoms with Crippen LogP contribution in [0.2, 0.25) is 18.1 Å². The molecule has 2 aromatic carbocycles. The predicted molar refractivity (Wildman–Crippen MR) is 149 cm³/mol. The fraction of sp³-hybridized carbons (Fsp3) is 0.267. The van der Waals surface area contributed by atoms with E-state index in [-0.39, 0.29) is 10.6 Å². The van der Waals surface area contributed by atoms with Gasteiger partial charge in [-0.1, -0.05) is 63.2 Å². The Morgan fingerprint density at radius 3 is 2.49 bits per heavy atom. The maximum Gasteiger partial charge on any atom is 0.278 e. The first-order valence-electron chi connectivity index (χ1n) is 12.6. The first-order chi connectivity index (χ1) is 17.6. The number of nitrogens with zero attached hydrogens (tertiary/aromatic N) is 2. The topological polar surface area (TPSA) is 73.1 Å². The molecule has 0 atom stereocenters. The minimum atomic E-state index is -2.00. The summed E-state index contributed by atoms with van der Waals surface area (Å²) >= 11 is 0. The summed E-state index contributed by atoms with van der Waals surface area (Å²) in [6.07, 6.45) is 4.43. The molecule has 1 N–H and O–H groups in total. The summed E-state index contributed by atoms with van der Waals surface area (Å²) in [4.78, 5) is 21.8. The highest BCUT2D eigenvalue weighted by atomic mass is 28.4. The van der Waals surface area contributed by atoms with Gasteiger partial charge in [0.05, 0.1) is 24.1 Å². The average Bonchev–Trinajstić information content (AvgIpc) is 3.48. The Labute approximate surface area is 218 Å². The Bertz CT molecular complexity index is 1530. The molecule has 1 aromatic heterocycles. The summed E-state index contributed by atoms with van der Waals surface area (Å²) in [7, 11) is -2.00. The maximum atomic E-state index is 13.4. The third-order valence-corrected chi connectivity index (χ3v) is 11.6. The summed E-state index contributed by atoms with van der Waals surface area (Å²) in [5.74, 6) is 2.19. The lowest BCUT2D eigenvalue weighted by molar-refractivity contribution is 0.492. The van der Waals surface area contributed by atoms with Crippen LogP contribution < -0.4 is 9.99 Å². The van der Waals surface area contributed by atoms with E-state index < -0.39 is 8.32 Å². The van der Waals surface area contributed by atoms with Gasteiger partial charge in [-0.3, -0.25) is 9.36 Å². The molecule has 6 nitrogen and oxygen atoms in total. The van der Waals surface area contributed by atoms with E-state index in [0.717, 1.165) is 28.3 Å². The van der Waals surface area contributed by atoms with Crippen LogP contribution in [-0.4, -0.2) is 22.9 Å². The molecule has 0 fully saturated rings. The van der Waals surface area contributed by atoms with E-state index in [0.29, 0.717) is 30.1 Å². The van der Waals surface area contributed by atoms with Crippen molar-refractivity contribution in [1.29, 1.82) is 0 Å². The molecule has 3 aromatic rings. The quantitative estimate of drug-likeness (QED) is 0.243. The van der Waals surface area contributed by atoms with E-state index in [9.17, 15) is 4.79 Å². The monoisotopic (exact) mass is 511 g/mol. The number of hydrogen-bond donors (Lipinski definition) is 1. The molecule has 0 saturated carbocycles. The molecule has 7 heteroatoms. The summed E-state index contributed by atoms with van der Waals surface area (Å²) in [6.45, 7) is 11.2. The van der Waals surface area contributed by atoms with Gasteiger partial charge >= 0.3 is 0 Å². The van der Waals surface area contributed by atoms with Gasteiger partial charge in [0.1, 0.15) is 17.2 Å². The predicted octanol–water partition coefficient (Wildman–Crippen LogP) is 6.82. The van der Waals surface area contributed by atoms with Crippen molar-refractivity contribution in [3.63, 3.8) is 0 Å². The average molecular weight is 512 g/mol. The fourth-order valence-electron chi connectivity index (χ4n) is 4.12. The van der Waals surface area contributed by atoms with Gasteiger partial charge in [-0.15, -0.1) is 0 Å². The first kappa shape index (κ1) is 24.8. The highest BCUT2D eigenvalue weighted by Gasteiger charge is 2.39. The molecule has 0 spiro atoms. The molecule has 2 aliphatic heterocycles. The van der Waals surface area contributed by atoms with Crippen molar-refractivity contribution in [1.82, 2.24) is 14.5 Å². The highest BCUT2D eigenvalue weighted by Crippen LogP contribution is 2.38. The lowest BCUT2D eigenvalue weighted by Gasteiger charge is -2.36. The van der Waals surface area contributed by atoms with Crippen molar-refractivity contribution >= 4 is 8.32 Å². The number of rotatable bonds is 7. The van der Waals surface area contributed by atoms with Crippen molar-refractivity contribution in [3.8, 4) is 22.8 Å². The number of imidazole rings is 1.